The van der Waals surface area contributed by atoms with Gasteiger partial charge in [-0.2, -0.15) is 0 Å². The summed E-state index contributed by atoms with van der Waals surface area (Å²) in [5, 5.41) is 6.15. The van der Waals surface area contributed by atoms with Crippen molar-refractivity contribution in [2.24, 2.45) is 5.41 Å². The first-order valence-corrected chi connectivity index (χ1v) is 7.26. The molecule has 1 aromatic heterocycles. The van der Waals surface area contributed by atoms with Crippen LogP contribution in [-0.4, -0.2) is 19.5 Å². The zero-order valence-electron chi connectivity index (χ0n) is 12.0. The molecule has 2 N–H and O–H groups in total. The monoisotopic (exact) mass is 268 g/mol. The molecular weight excluding hydrogens is 244 g/mol. The van der Waals surface area contributed by atoms with Crippen molar-refractivity contribution in [1.82, 2.24) is 10.6 Å². The number of amides is 1. The summed E-state index contributed by atoms with van der Waals surface area (Å²) in [6.07, 6.45) is 1.08. The summed E-state index contributed by atoms with van der Waals surface area (Å²) < 4.78 is 0. The molecule has 0 saturated heterocycles. The molecule has 1 amide bonds. The molecule has 4 heteroatoms. The van der Waals surface area contributed by atoms with Gasteiger partial charge < -0.3 is 10.6 Å². The fraction of sp³-hybridized carbons (Fsp3) is 0.643. The molecule has 0 spiro atoms. The molecule has 1 atom stereocenters. The number of hydrogen-bond donors (Lipinski definition) is 2. The topological polar surface area (TPSA) is 41.1 Å². The summed E-state index contributed by atoms with van der Waals surface area (Å²) in [7, 11) is 1.68. The fourth-order valence-electron chi connectivity index (χ4n) is 1.74. The van der Waals surface area contributed by atoms with Crippen LogP contribution in [0.1, 0.15) is 43.5 Å². The van der Waals surface area contributed by atoms with E-state index in [0.29, 0.717) is 12.6 Å². The van der Waals surface area contributed by atoms with Gasteiger partial charge in [-0.05, 0) is 39.3 Å². The van der Waals surface area contributed by atoms with Gasteiger partial charge in [0.15, 0.2) is 0 Å². The number of nitrogens with one attached hydrogen (secondary N) is 2. The van der Waals surface area contributed by atoms with Crippen LogP contribution >= 0.6 is 11.3 Å². The van der Waals surface area contributed by atoms with E-state index >= 15 is 0 Å². The average molecular weight is 268 g/mol. The number of aryl methyl sites for hydroxylation is 1. The highest BCUT2D eigenvalue weighted by molar-refractivity contribution is 7.12. The number of thiophene rings is 1. The first kappa shape index (κ1) is 15.2. The van der Waals surface area contributed by atoms with Gasteiger partial charge in [-0.15, -0.1) is 11.3 Å². The molecule has 0 aliphatic carbocycles. The first-order chi connectivity index (χ1) is 8.40. The molecule has 0 fully saturated rings. The molecular formula is C14H24N2OS. The van der Waals surface area contributed by atoms with Crippen LogP contribution in [0.4, 0.5) is 0 Å². The Kier molecular flexibility index (Phi) is 5.35. The van der Waals surface area contributed by atoms with Gasteiger partial charge >= 0.3 is 0 Å². The van der Waals surface area contributed by atoms with Crippen molar-refractivity contribution in [2.75, 3.05) is 13.6 Å². The van der Waals surface area contributed by atoms with Crippen molar-refractivity contribution < 1.29 is 4.79 Å². The van der Waals surface area contributed by atoms with E-state index < -0.39 is 0 Å². The maximum Gasteiger partial charge on any atom is 0.226 e. The molecule has 1 aromatic rings. The molecule has 0 aliphatic rings. The van der Waals surface area contributed by atoms with E-state index in [1.165, 1.54) is 9.75 Å². The van der Waals surface area contributed by atoms with Crippen molar-refractivity contribution in [3.63, 3.8) is 0 Å². The van der Waals surface area contributed by atoms with Gasteiger partial charge in [-0.1, -0.05) is 6.92 Å². The van der Waals surface area contributed by atoms with E-state index in [1.54, 1.807) is 7.05 Å². The maximum absolute atomic E-state index is 11.7. The maximum atomic E-state index is 11.7. The van der Waals surface area contributed by atoms with Gasteiger partial charge in [0.2, 0.25) is 5.91 Å². The Hall–Kier alpha value is -0.870. The Balaban J connectivity index is 2.55. The summed E-state index contributed by atoms with van der Waals surface area (Å²) in [6, 6.07) is 4.65. The van der Waals surface area contributed by atoms with Gasteiger partial charge in [-0.3, -0.25) is 4.79 Å². The Labute approximate surface area is 114 Å². The minimum absolute atomic E-state index is 0.0719. The molecule has 1 unspecified atom stereocenters. The highest BCUT2D eigenvalue weighted by atomic mass is 32.1. The second kappa shape index (κ2) is 6.34. The van der Waals surface area contributed by atoms with Crippen LogP contribution in [0.15, 0.2) is 12.1 Å². The van der Waals surface area contributed by atoms with E-state index in [9.17, 15) is 4.79 Å². The van der Waals surface area contributed by atoms with E-state index in [1.807, 2.05) is 25.2 Å². The summed E-state index contributed by atoms with van der Waals surface area (Å²) in [6.45, 7) is 8.90. The van der Waals surface area contributed by atoms with Crippen LogP contribution in [-0.2, 0) is 11.2 Å². The SMILES string of the molecule is CCc1ccc(C(C)NCC(C)(C)C(=O)NC)s1. The van der Waals surface area contributed by atoms with Crippen molar-refractivity contribution in [3.05, 3.63) is 21.9 Å². The van der Waals surface area contributed by atoms with E-state index in [-0.39, 0.29) is 11.3 Å². The third-order valence-corrected chi connectivity index (χ3v) is 4.56. The fourth-order valence-corrected chi connectivity index (χ4v) is 2.72. The van der Waals surface area contributed by atoms with Crippen LogP contribution in [0, 0.1) is 5.41 Å². The molecule has 3 nitrogen and oxygen atoms in total. The second-order valence-electron chi connectivity index (χ2n) is 5.22. The van der Waals surface area contributed by atoms with Crippen molar-refractivity contribution >= 4 is 17.2 Å². The highest BCUT2D eigenvalue weighted by Gasteiger charge is 2.26. The van der Waals surface area contributed by atoms with Crippen LogP contribution in [0.5, 0.6) is 0 Å². The minimum atomic E-state index is -0.381. The molecule has 18 heavy (non-hydrogen) atoms. The van der Waals surface area contributed by atoms with Crippen LogP contribution in [0.25, 0.3) is 0 Å². The van der Waals surface area contributed by atoms with Crippen LogP contribution < -0.4 is 10.6 Å². The summed E-state index contributed by atoms with van der Waals surface area (Å²) in [4.78, 5) is 14.4. The lowest BCUT2D eigenvalue weighted by Gasteiger charge is -2.25. The molecule has 1 heterocycles. The summed E-state index contributed by atoms with van der Waals surface area (Å²) in [5.74, 6) is 0.0719. The highest BCUT2D eigenvalue weighted by Crippen LogP contribution is 2.24. The van der Waals surface area contributed by atoms with E-state index in [2.05, 4.69) is 36.6 Å². The molecule has 0 bridgehead atoms. The lowest BCUT2D eigenvalue weighted by Crippen LogP contribution is -2.42. The van der Waals surface area contributed by atoms with Crippen molar-refractivity contribution in [3.8, 4) is 0 Å². The third-order valence-electron chi connectivity index (χ3n) is 3.15. The number of rotatable bonds is 6. The normalized spacial score (nSPS) is 13.4. The zero-order valence-corrected chi connectivity index (χ0v) is 12.8. The smallest absolute Gasteiger partial charge is 0.226 e. The van der Waals surface area contributed by atoms with Gasteiger partial charge in [0.1, 0.15) is 0 Å². The number of carbonyl (C=O) groups excluding carboxylic acids is 1. The first-order valence-electron chi connectivity index (χ1n) is 6.45. The molecule has 1 rings (SSSR count). The largest absolute Gasteiger partial charge is 0.359 e. The lowest BCUT2D eigenvalue weighted by molar-refractivity contribution is -0.128. The van der Waals surface area contributed by atoms with Gasteiger partial charge in [-0.25, -0.2) is 0 Å². The predicted octanol–water partition coefficient (Wildman–Crippen LogP) is 2.73. The minimum Gasteiger partial charge on any atom is -0.359 e. The number of hydrogen-bond acceptors (Lipinski definition) is 3. The molecule has 0 aromatic carbocycles. The van der Waals surface area contributed by atoms with E-state index in [4.69, 9.17) is 0 Å². The van der Waals surface area contributed by atoms with Crippen molar-refractivity contribution in [2.45, 2.75) is 40.2 Å². The lowest BCUT2D eigenvalue weighted by atomic mass is 9.92. The Morgan fingerprint density at radius 1 is 1.44 bits per heavy atom. The molecule has 0 aliphatic heterocycles. The second-order valence-corrected chi connectivity index (χ2v) is 6.42. The van der Waals surface area contributed by atoms with Gasteiger partial charge in [0.05, 0.1) is 5.41 Å². The molecule has 0 saturated carbocycles. The van der Waals surface area contributed by atoms with Crippen LogP contribution in [0.3, 0.4) is 0 Å². The van der Waals surface area contributed by atoms with Crippen LogP contribution in [0.2, 0.25) is 0 Å². The Morgan fingerprint density at radius 3 is 2.61 bits per heavy atom. The molecule has 102 valence electrons. The van der Waals surface area contributed by atoms with E-state index in [0.717, 1.165) is 6.42 Å². The zero-order chi connectivity index (χ0) is 13.8. The molecule has 0 radical (unpaired) electrons. The average Bonchev–Trinajstić information content (AvgIpc) is 2.83. The van der Waals surface area contributed by atoms with Gasteiger partial charge in [0.25, 0.3) is 0 Å². The standard InChI is InChI=1S/C14H24N2OS/c1-6-11-7-8-12(18-11)10(2)16-9-14(3,4)13(17)15-5/h7-8,10,16H,6,9H2,1-5H3,(H,15,17). The Morgan fingerprint density at radius 2 is 2.11 bits per heavy atom. The number of carbonyl (C=O) groups is 1. The summed E-state index contributed by atoms with van der Waals surface area (Å²) in [5.41, 5.74) is -0.381. The summed E-state index contributed by atoms with van der Waals surface area (Å²) >= 11 is 1.84. The van der Waals surface area contributed by atoms with Gasteiger partial charge in [0, 0.05) is 29.4 Å². The van der Waals surface area contributed by atoms with Crippen molar-refractivity contribution in [1.29, 1.82) is 0 Å². The third kappa shape index (κ3) is 3.82. The Bertz CT molecular complexity index is 398. The predicted molar refractivity (Wildman–Crippen MR) is 78.0 cm³/mol. The quantitative estimate of drug-likeness (QED) is 0.833.